The minimum absolute atomic E-state index is 0.120. The Morgan fingerprint density at radius 3 is 2.39 bits per heavy atom. The van der Waals surface area contributed by atoms with Gasteiger partial charge in [-0.25, -0.2) is 18.3 Å². The van der Waals surface area contributed by atoms with Gasteiger partial charge in [0, 0.05) is 56.3 Å². The largest absolute Gasteiger partial charge is 0.492 e. The number of carbonyl (C=O) groups excluding carboxylic acids is 1. The van der Waals surface area contributed by atoms with Crippen LogP contribution in [-0.4, -0.2) is 36.2 Å². The van der Waals surface area contributed by atoms with E-state index in [1.807, 2.05) is 32.3 Å². The van der Waals surface area contributed by atoms with Gasteiger partial charge in [0.2, 0.25) is 5.43 Å². The van der Waals surface area contributed by atoms with Gasteiger partial charge in [-0.2, -0.15) is 0 Å². The number of nitrogens with zero attached hydrogens (tertiary/aromatic N) is 4. The van der Waals surface area contributed by atoms with Crippen molar-refractivity contribution in [2.45, 2.75) is 38.6 Å². The highest BCUT2D eigenvalue weighted by atomic mass is 35.5. The smallest absolute Gasteiger partial charge is 0.261 e. The molecule has 1 N–H and O–H groups in total. The molecule has 0 aliphatic rings. The number of rotatable bonds is 13. The Labute approximate surface area is 270 Å². The lowest BCUT2D eigenvalue weighted by atomic mass is 10.1. The van der Waals surface area contributed by atoms with Gasteiger partial charge in [-0.15, -0.1) is 0 Å². The molecule has 0 saturated heterocycles. The second-order valence-corrected chi connectivity index (χ2v) is 11.5. The molecule has 11 heteroatoms. The molecule has 0 aliphatic heterocycles. The van der Waals surface area contributed by atoms with Crippen molar-refractivity contribution in [1.82, 2.24) is 9.55 Å². The maximum absolute atomic E-state index is 13.7. The molecule has 5 aromatic rings. The molecule has 0 atom stereocenters. The SMILES string of the molecule is CN(C)c1ccc2c(=O)c(C(=O)Nc3cc(F)cc(F)c3)cn(-c3ccc(OCCCCCCC[n+]4ccccc4)c(Cl)c3)c2n1. The Morgan fingerprint density at radius 2 is 1.67 bits per heavy atom. The third-order valence-electron chi connectivity index (χ3n) is 7.45. The van der Waals surface area contributed by atoms with Crippen LogP contribution in [0.25, 0.3) is 16.7 Å². The van der Waals surface area contributed by atoms with Crippen molar-refractivity contribution < 1.29 is 22.9 Å². The number of halogens is 3. The molecule has 1 amide bonds. The number of anilines is 2. The van der Waals surface area contributed by atoms with Crippen LogP contribution in [0.15, 0.2) is 90.1 Å². The molecule has 3 heterocycles. The summed E-state index contributed by atoms with van der Waals surface area (Å²) in [4.78, 5) is 33.1. The van der Waals surface area contributed by atoms with E-state index >= 15 is 0 Å². The number of unbranched alkanes of at least 4 members (excludes halogenated alkanes) is 4. The summed E-state index contributed by atoms with van der Waals surface area (Å²) in [5.74, 6) is -1.43. The lowest BCUT2D eigenvalue weighted by Crippen LogP contribution is -2.32. The number of benzene rings is 2. The Balaban J connectivity index is 1.31. The number of ether oxygens (including phenoxy) is 1. The van der Waals surface area contributed by atoms with Gasteiger partial charge in [0.25, 0.3) is 5.91 Å². The number of pyridine rings is 3. The van der Waals surface area contributed by atoms with Crippen molar-refractivity contribution in [2.24, 2.45) is 0 Å². The third kappa shape index (κ3) is 8.06. The molecule has 0 fully saturated rings. The number of hydrogen-bond acceptors (Lipinski definition) is 5. The topological polar surface area (TPSA) is 80.3 Å². The number of aromatic nitrogens is 3. The number of amides is 1. The van der Waals surface area contributed by atoms with Gasteiger partial charge >= 0.3 is 0 Å². The van der Waals surface area contributed by atoms with Crippen molar-refractivity contribution in [3.05, 3.63) is 118 Å². The Morgan fingerprint density at radius 1 is 0.957 bits per heavy atom. The van der Waals surface area contributed by atoms with Crippen LogP contribution in [0.1, 0.15) is 42.5 Å². The van der Waals surface area contributed by atoms with Gasteiger partial charge in [-0.05, 0) is 55.3 Å². The molecule has 8 nitrogen and oxygen atoms in total. The fraction of sp³-hybridized carbons (Fsp3) is 0.257. The summed E-state index contributed by atoms with van der Waals surface area (Å²) in [6.07, 6.45) is 10.8. The third-order valence-corrected chi connectivity index (χ3v) is 7.74. The van der Waals surface area contributed by atoms with Crippen LogP contribution in [0.3, 0.4) is 0 Å². The zero-order chi connectivity index (χ0) is 32.6. The van der Waals surface area contributed by atoms with Gasteiger partial charge < -0.3 is 19.5 Å². The zero-order valence-electron chi connectivity index (χ0n) is 25.7. The van der Waals surface area contributed by atoms with Crippen LogP contribution in [0, 0.1) is 11.6 Å². The van der Waals surface area contributed by atoms with E-state index in [0.717, 1.165) is 50.8 Å². The van der Waals surface area contributed by atoms with Crippen molar-refractivity contribution >= 4 is 40.0 Å². The number of fused-ring (bicyclic) bond motifs is 1. The highest BCUT2D eigenvalue weighted by Gasteiger charge is 2.19. The summed E-state index contributed by atoms with van der Waals surface area (Å²) in [6, 6.07) is 17.2. The Kier molecular flexibility index (Phi) is 10.6. The lowest BCUT2D eigenvalue weighted by molar-refractivity contribution is -0.697. The first-order valence-corrected chi connectivity index (χ1v) is 15.5. The molecular weight excluding hydrogens is 612 g/mol. The fourth-order valence-electron chi connectivity index (χ4n) is 5.07. The summed E-state index contributed by atoms with van der Waals surface area (Å²) in [6.45, 7) is 1.53. The molecule has 238 valence electrons. The average Bonchev–Trinajstić information content (AvgIpc) is 3.03. The maximum atomic E-state index is 13.7. The summed E-state index contributed by atoms with van der Waals surface area (Å²) in [7, 11) is 3.65. The quantitative estimate of drug-likeness (QED) is 0.111. The predicted molar refractivity (Wildman–Crippen MR) is 176 cm³/mol. The van der Waals surface area contributed by atoms with Crippen LogP contribution in [0.5, 0.6) is 5.75 Å². The van der Waals surface area contributed by atoms with E-state index in [4.69, 9.17) is 16.3 Å². The van der Waals surface area contributed by atoms with Crippen molar-refractivity contribution in [2.75, 3.05) is 30.9 Å². The van der Waals surface area contributed by atoms with Gasteiger partial charge in [0.05, 0.1) is 17.0 Å². The summed E-state index contributed by atoms with van der Waals surface area (Å²) in [5, 5.41) is 2.96. The molecular formula is C35H35ClF2N5O3+. The molecule has 0 bridgehead atoms. The molecule has 0 aliphatic carbocycles. The van der Waals surface area contributed by atoms with Crippen molar-refractivity contribution in [3.63, 3.8) is 0 Å². The summed E-state index contributed by atoms with van der Waals surface area (Å²) in [5.41, 5.74) is -0.100. The minimum atomic E-state index is -0.860. The van der Waals surface area contributed by atoms with Crippen LogP contribution >= 0.6 is 11.6 Å². The van der Waals surface area contributed by atoms with Gasteiger partial charge in [-0.1, -0.05) is 30.5 Å². The number of hydrogen-bond donors (Lipinski definition) is 1. The Hall–Kier alpha value is -4.83. The van der Waals surface area contributed by atoms with Crippen molar-refractivity contribution in [1.29, 1.82) is 0 Å². The lowest BCUT2D eigenvalue weighted by Gasteiger charge is -2.17. The second kappa shape index (κ2) is 15.0. The van der Waals surface area contributed by atoms with Crippen LogP contribution in [-0.2, 0) is 6.54 Å². The molecule has 3 aromatic heterocycles. The standard InChI is InChI=1S/C35H34ClF2N5O3/c1-41(2)32-14-12-28-33(44)29(35(45)39-26-20-24(37)19-25(38)21-26)23-43(34(28)40-32)27-11-13-31(30(36)22-27)46-18-10-5-3-4-7-15-42-16-8-6-9-17-42/h6,8-9,11-14,16-17,19-23H,3-5,7,10,15,18H2,1-2H3/p+1. The van der Waals surface area contributed by atoms with E-state index in [1.54, 1.807) is 39.8 Å². The first kappa shape index (κ1) is 32.6. The molecule has 46 heavy (non-hydrogen) atoms. The van der Waals surface area contributed by atoms with Gasteiger partial charge in [-0.3, -0.25) is 9.59 Å². The number of carbonyl (C=O) groups is 1. The monoisotopic (exact) mass is 646 g/mol. The highest BCUT2D eigenvalue weighted by Crippen LogP contribution is 2.29. The fourth-order valence-corrected chi connectivity index (χ4v) is 5.30. The van der Waals surface area contributed by atoms with E-state index in [1.165, 1.54) is 6.20 Å². The van der Waals surface area contributed by atoms with E-state index in [9.17, 15) is 18.4 Å². The molecule has 0 radical (unpaired) electrons. The molecule has 0 spiro atoms. The molecule has 5 rings (SSSR count). The molecule has 0 unspecified atom stereocenters. The van der Waals surface area contributed by atoms with E-state index < -0.39 is 23.0 Å². The predicted octanol–water partition coefficient (Wildman–Crippen LogP) is 6.95. The van der Waals surface area contributed by atoms with Crippen LogP contribution < -0.4 is 24.9 Å². The number of nitrogens with one attached hydrogen (secondary N) is 1. The minimum Gasteiger partial charge on any atom is -0.492 e. The van der Waals surface area contributed by atoms with Crippen molar-refractivity contribution in [3.8, 4) is 11.4 Å². The molecule has 2 aromatic carbocycles. The average molecular weight is 647 g/mol. The Bertz CT molecular complexity index is 1880. The zero-order valence-corrected chi connectivity index (χ0v) is 26.4. The van der Waals surface area contributed by atoms with E-state index in [0.29, 0.717) is 40.6 Å². The first-order chi connectivity index (χ1) is 22.2. The van der Waals surface area contributed by atoms with Gasteiger partial charge in [0.15, 0.2) is 18.0 Å². The van der Waals surface area contributed by atoms with E-state index in [2.05, 4.69) is 27.3 Å². The second-order valence-electron chi connectivity index (χ2n) is 11.1. The van der Waals surface area contributed by atoms with E-state index in [-0.39, 0.29) is 16.6 Å². The molecule has 0 saturated carbocycles. The highest BCUT2D eigenvalue weighted by molar-refractivity contribution is 6.32. The summed E-state index contributed by atoms with van der Waals surface area (Å²) >= 11 is 6.64. The van der Waals surface area contributed by atoms with Gasteiger partial charge in [0.1, 0.15) is 35.3 Å². The van der Waals surface area contributed by atoms with Crippen LogP contribution in [0.4, 0.5) is 20.3 Å². The normalized spacial score (nSPS) is 11.1. The summed E-state index contributed by atoms with van der Waals surface area (Å²) < 4.78 is 37.2. The van der Waals surface area contributed by atoms with Crippen LogP contribution in [0.2, 0.25) is 5.02 Å². The maximum Gasteiger partial charge on any atom is 0.261 e. The first-order valence-electron chi connectivity index (χ1n) is 15.1. The number of aryl methyl sites for hydroxylation is 1.